The van der Waals surface area contributed by atoms with Crippen LogP contribution >= 0.6 is 0 Å². The predicted octanol–water partition coefficient (Wildman–Crippen LogP) is 2.01. The fourth-order valence-corrected chi connectivity index (χ4v) is 5.56. The van der Waals surface area contributed by atoms with Crippen LogP contribution in [0.3, 0.4) is 0 Å². The van der Waals surface area contributed by atoms with Crippen molar-refractivity contribution in [2.75, 3.05) is 26.9 Å². The molecule has 3 rings (SSSR count). The van der Waals surface area contributed by atoms with Crippen LogP contribution in [0.5, 0.6) is 0 Å². The molecule has 1 aliphatic heterocycles. The van der Waals surface area contributed by atoms with Gasteiger partial charge in [-0.1, -0.05) is 25.7 Å². The van der Waals surface area contributed by atoms with Crippen molar-refractivity contribution in [1.82, 2.24) is 0 Å². The van der Waals surface area contributed by atoms with Gasteiger partial charge in [-0.3, -0.25) is 14.4 Å². The van der Waals surface area contributed by atoms with Crippen LogP contribution in [0.1, 0.15) is 52.4 Å². The Hall–Kier alpha value is -1.63. The minimum Gasteiger partial charge on any atom is -0.465 e. The van der Waals surface area contributed by atoms with Gasteiger partial charge in [0, 0.05) is 32.3 Å². The van der Waals surface area contributed by atoms with Gasteiger partial charge in [-0.2, -0.15) is 0 Å². The quantitative estimate of drug-likeness (QED) is 0.542. The van der Waals surface area contributed by atoms with Crippen molar-refractivity contribution in [3.05, 3.63) is 0 Å². The monoisotopic (exact) mass is 368 g/mol. The van der Waals surface area contributed by atoms with E-state index in [-0.39, 0.29) is 31.1 Å². The highest BCUT2D eigenvalue weighted by Crippen LogP contribution is 2.80. The lowest BCUT2D eigenvalue weighted by molar-refractivity contribution is -0.183. The maximum atomic E-state index is 13.0. The molecule has 0 radical (unpaired) electrons. The van der Waals surface area contributed by atoms with Crippen LogP contribution in [0.25, 0.3) is 0 Å². The number of carbonyl (C=O) groups excluding carboxylic acids is 3. The molecular weight excluding hydrogens is 340 g/mol. The summed E-state index contributed by atoms with van der Waals surface area (Å²) < 4.78 is 22.1. The molecule has 0 aromatic heterocycles. The van der Waals surface area contributed by atoms with E-state index >= 15 is 0 Å². The summed E-state index contributed by atoms with van der Waals surface area (Å²) in [6.45, 7) is 3.20. The molecule has 0 aromatic carbocycles. The topological polar surface area (TPSA) is 88.1 Å². The zero-order chi connectivity index (χ0) is 19.0. The van der Waals surface area contributed by atoms with Crippen molar-refractivity contribution in [1.29, 1.82) is 0 Å². The molecule has 0 aromatic rings. The molecule has 26 heavy (non-hydrogen) atoms. The van der Waals surface area contributed by atoms with Crippen LogP contribution in [0.15, 0.2) is 0 Å². The van der Waals surface area contributed by atoms with E-state index in [0.29, 0.717) is 13.0 Å². The van der Waals surface area contributed by atoms with Gasteiger partial charge in [-0.25, -0.2) is 0 Å². The Kier molecular flexibility index (Phi) is 5.03. The molecule has 4 atom stereocenters. The van der Waals surface area contributed by atoms with Crippen molar-refractivity contribution < 1.29 is 33.3 Å². The normalized spacial score (nSPS) is 38.7. The van der Waals surface area contributed by atoms with E-state index in [1.54, 1.807) is 7.11 Å². The maximum absolute atomic E-state index is 13.0. The number of hydrogen-bond acceptors (Lipinski definition) is 7. The summed E-state index contributed by atoms with van der Waals surface area (Å²) in [6, 6.07) is 0. The highest BCUT2D eigenvalue weighted by atomic mass is 16.6. The number of cyclic esters (lactones) is 1. The molecule has 0 amide bonds. The summed E-state index contributed by atoms with van der Waals surface area (Å²) in [7, 11) is 1.56. The van der Waals surface area contributed by atoms with Crippen LogP contribution in [0.4, 0.5) is 0 Å². The van der Waals surface area contributed by atoms with Crippen LogP contribution in [0.2, 0.25) is 0 Å². The predicted molar refractivity (Wildman–Crippen MR) is 90.0 cm³/mol. The molecule has 7 nitrogen and oxygen atoms in total. The third-order valence-electron chi connectivity index (χ3n) is 6.70. The second-order valence-corrected chi connectivity index (χ2v) is 7.79. The molecule has 2 aliphatic carbocycles. The minimum atomic E-state index is -0.957. The van der Waals surface area contributed by atoms with E-state index in [1.165, 1.54) is 13.8 Å². The van der Waals surface area contributed by atoms with Gasteiger partial charge in [0.25, 0.3) is 0 Å². The summed E-state index contributed by atoms with van der Waals surface area (Å²) in [5.74, 6) is -1.18. The highest BCUT2D eigenvalue weighted by molar-refractivity contribution is 5.88. The van der Waals surface area contributed by atoms with Crippen LogP contribution in [-0.2, 0) is 33.3 Å². The third kappa shape index (κ3) is 2.54. The SMILES string of the molecule is CO[C@]1(COC(C)=O)CCCCCC[C@]2(COC(C)=O)[C@@H]3COC(=O)[C@]312. The summed E-state index contributed by atoms with van der Waals surface area (Å²) in [5, 5.41) is 0. The Balaban J connectivity index is 2.04. The van der Waals surface area contributed by atoms with Gasteiger partial charge in [0.05, 0.1) is 13.2 Å². The fourth-order valence-electron chi connectivity index (χ4n) is 5.56. The first kappa shape index (κ1) is 19.1. The molecule has 1 heterocycles. The van der Waals surface area contributed by atoms with E-state index in [2.05, 4.69) is 0 Å². The lowest BCUT2D eigenvalue weighted by Crippen LogP contribution is -2.53. The molecule has 0 unspecified atom stereocenters. The Morgan fingerprint density at radius 2 is 1.65 bits per heavy atom. The fraction of sp³-hybridized carbons (Fsp3) is 0.842. The summed E-state index contributed by atoms with van der Waals surface area (Å²) in [6.07, 6.45) is 5.27. The number of fused-ring (bicyclic) bond motifs is 1. The molecule has 3 fully saturated rings. The zero-order valence-corrected chi connectivity index (χ0v) is 15.8. The van der Waals surface area contributed by atoms with Gasteiger partial charge < -0.3 is 18.9 Å². The number of hydrogen-bond donors (Lipinski definition) is 0. The molecule has 2 saturated carbocycles. The van der Waals surface area contributed by atoms with E-state index in [4.69, 9.17) is 18.9 Å². The van der Waals surface area contributed by atoms with E-state index in [0.717, 1.165) is 32.1 Å². The number of esters is 3. The Morgan fingerprint density at radius 3 is 2.27 bits per heavy atom. The Bertz CT molecular complexity index is 603. The molecule has 146 valence electrons. The molecule has 7 heteroatoms. The highest BCUT2D eigenvalue weighted by Gasteiger charge is 2.90. The number of rotatable bonds is 5. The number of ether oxygens (including phenoxy) is 4. The maximum Gasteiger partial charge on any atom is 0.316 e. The van der Waals surface area contributed by atoms with Crippen molar-refractivity contribution in [3.63, 3.8) is 0 Å². The molecule has 0 N–H and O–H groups in total. The van der Waals surface area contributed by atoms with Crippen molar-refractivity contribution >= 4 is 17.9 Å². The lowest BCUT2D eigenvalue weighted by atomic mass is 9.74. The second kappa shape index (κ2) is 6.83. The third-order valence-corrected chi connectivity index (χ3v) is 6.70. The summed E-state index contributed by atoms with van der Waals surface area (Å²) in [5.41, 5.74) is -2.39. The van der Waals surface area contributed by atoms with Gasteiger partial charge >= 0.3 is 17.9 Å². The van der Waals surface area contributed by atoms with E-state index < -0.39 is 22.4 Å². The van der Waals surface area contributed by atoms with Gasteiger partial charge in [0.15, 0.2) is 0 Å². The molecule has 1 saturated heterocycles. The number of methoxy groups -OCH3 is 1. The minimum absolute atomic E-state index is 0.00621. The first-order valence-corrected chi connectivity index (χ1v) is 9.35. The average molecular weight is 368 g/mol. The molecular formula is C19H28O7. The van der Waals surface area contributed by atoms with Gasteiger partial charge in [-0.15, -0.1) is 0 Å². The van der Waals surface area contributed by atoms with Gasteiger partial charge in [0.2, 0.25) is 0 Å². The van der Waals surface area contributed by atoms with E-state index in [1.807, 2.05) is 0 Å². The molecule has 3 aliphatic rings. The van der Waals surface area contributed by atoms with Crippen LogP contribution < -0.4 is 0 Å². The van der Waals surface area contributed by atoms with Crippen molar-refractivity contribution in [2.24, 2.45) is 16.7 Å². The average Bonchev–Trinajstić information content (AvgIpc) is 2.98. The van der Waals surface area contributed by atoms with E-state index in [9.17, 15) is 14.4 Å². The van der Waals surface area contributed by atoms with Crippen molar-refractivity contribution in [2.45, 2.75) is 58.0 Å². The second-order valence-electron chi connectivity index (χ2n) is 7.79. The van der Waals surface area contributed by atoms with Crippen LogP contribution in [-0.4, -0.2) is 50.4 Å². The van der Waals surface area contributed by atoms with Gasteiger partial charge in [0.1, 0.15) is 17.6 Å². The first-order chi connectivity index (χ1) is 12.4. The smallest absolute Gasteiger partial charge is 0.316 e. The summed E-state index contributed by atoms with van der Waals surface area (Å²) >= 11 is 0. The van der Waals surface area contributed by atoms with Crippen molar-refractivity contribution in [3.8, 4) is 0 Å². The van der Waals surface area contributed by atoms with Crippen LogP contribution in [0, 0.1) is 16.7 Å². The lowest BCUT2D eigenvalue weighted by Gasteiger charge is -2.40. The Labute approximate surface area is 153 Å². The summed E-state index contributed by atoms with van der Waals surface area (Å²) in [4.78, 5) is 36.0. The first-order valence-electron chi connectivity index (χ1n) is 9.35. The number of carbonyl (C=O) groups is 3. The largest absolute Gasteiger partial charge is 0.465 e. The standard InChI is InChI=1S/C19H28O7/c1-13(20)25-11-17-8-6-4-5-7-9-18(23-3,12-26-14(2)21)19(17)15(17)10-24-16(19)22/h15H,4-12H2,1-3H3/t15-,17-,18-,19-/m0/s1. The zero-order valence-electron chi connectivity index (χ0n) is 15.8. The molecule has 0 bridgehead atoms. The Morgan fingerprint density at radius 1 is 1.04 bits per heavy atom. The van der Waals surface area contributed by atoms with Gasteiger partial charge in [-0.05, 0) is 12.8 Å². The molecule has 1 spiro atoms.